The molecule has 114 valence electrons. The largest absolute Gasteiger partial charge is 0.465 e. The van der Waals surface area contributed by atoms with E-state index in [4.69, 9.17) is 10.2 Å². The molecule has 3 atom stereocenters. The number of furan rings is 1. The van der Waals surface area contributed by atoms with Gasteiger partial charge in [0.15, 0.2) is 0 Å². The van der Waals surface area contributed by atoms with E-state index in [-0.39, 0.29) is 12.1 Å². The van der Waals surface area contributed by atoms with Crippen molar-refractivity contribution < 1.29 is 4.42 Å². The summed E-state index contributed by atoms with van der Waals surface area (Å²) in [5.41, 5.74) is 6.39. The Morgan fingerprint density at radius 3 is 2.80 bits per heavy atom. The molecular weight excluding hydrogens is 250 g/mol. The zero-order chi connectivity index (χ0) is 14.7. The molecule has 1 aromatic heterocycles. The highest BCUT2D eigenvalue weighted by atomic mass is 16.3. The van der Waals surface area contributed by atoms with Crippen LogP contribution in [0.1, 0.15) is 43.7 Å². The van der Waals surface area contributed by atoms with Gasteiger partial charge in [0.1, 0.15) is 11.5 Å². The molecule has 1 aliphatic heterocycles. The van der Waals surface area contributed by atoms with Crippen LogP contribution in [0.5, 0.6) is 0 Å². The fraction of sp³-hybridized carbons (Fsp3) is 0.750. The van der Waals surface area contributed by atoms with E-state index in [1.54, 1.807) is 0 Å². The number of nitrogens with zero attached hydrogens (tertiary/aromatic N) is 2. The smallest absolute Gasteiger partial charge is 0.122 e. The molecule has 1 saturated heterocycles. The van der Waals surface area contributed by atoms with Crippen LogP contribution in [0, 0.1) is 6.92 Å². The lowest BCUT2D eigenvalue weighted by Crippen LogP contribution is -2.50. The lowest BCUT2D eigenvalue weighted by atomic mass is 9.97. The molecule has 2 N–H and O–H groups in total. The third-order valence-electron chi connectivity index (χ3n) is 4.54. The first-order valence-electron chi connectivity index (χ1n) is 7.75. The van der Waals surface area contributed by atoms with Crippen LogP contribution in [0.15, 0.2) is 16.5 Å². The summed E-state index contributed by atoms with van der Waals surface area (Å²) in [5.74, 6) is 1.97. The summed E-state index contributed by atoms with van der Waals surface area (Å²) in [4.78, 5) is 4.84. The van der Waals surface area contributed by atoms with Crippen LogP contribution in [0.25, 0.3) is 0 Å². The molecule has 0 saturated carbocycles. The highest BCUT2D eigenvalue weighted by molar-refractivity contribution is 5.12. The molecule has 0 aliphatic carbocycles. The number of likely N-dealkylation sites (tertiary alicyclic amines) is 1. The Hall–Kier alpha value is -0.840. The van der Waals surface area contributed by atoms with E-state index in [0.717, 1.165) is 24.5 Å². The van der Waals surface area contributed by atoms with Gasteiger partial charge in [0.25, 0.3) is 0 Å². The number of nitrogens with two attached hydrogens (primary N) is 1. The predicted octanol–water partition coefficient (Wildman–Crippen LogP) is 2.39. The average molecular weight is 279 g/mol. The van der Waals surface area contributed by atoms with E-state index in [0.29, 0.717) is 6.04 Å². The van der Waals surface area contributed by atoms with Gasteiger partial charge in [-0.25, -0.2) is 0 Å². The summed E-state index contributed by atoms with van der Waals surface area (Å²) >= 11 is 0. The van der Waals surface area contributed by atoms with Crippen LogP contribution >= 0.6 is 0 Å². The van der Waals surface area contributed by atoms with Gasteiger partial charge in [-0.15, -0.1) is 0 Å². The van der Waals surface area contributed by atoms with E-state index < -0.39 is 0 Å². The Labute approximate surface area is 122 Å². The lowest BCUT2D eigenvalue weighted by molar-refractivity contribution is 0.0756. The van der Waals surface area contributed by atoms with E-state index >= 15 is 0 Å². The maximum atomic E-state index is 6.39. The van der Waals surface area contributed by atoms with E-state index in [9.17, 15) is 0 Å². The van der Waals surface area contributed by atoms with Crippen molar-refractivity contribution in [2.45, 2.75) is 51.2 Å². The summed E-state index contributed by atoms with van der Waals surface area (Å²) in [7, 11) is 4.40. The van der Waals surface area contributed by atoms with Gasteiger partial charge in [-0.3, -0.25) is 4.90 Å². The fourth-order valence-corrected chi connectivity index (χ4v) is 3.25. The molecule has 20 heavy (non-hydrogen) atoms. The van der Waals surface area contributed by atoms with Gasteiger partial charge < -0.3 is 15.1 Å². The molecule has 2 heterocycles. The molecule has 4 nitrogen and oxygen atoms in total. The van der Waals surface area contributed by atoms with Gasteiger partial charge in [-0.2, -0.15) is 0 Å². The maximum Gasteiger partial charge on any atom is 0.122 e. The van der Waals surface area contributed by atoms with Gasteiger partial charge in [0.2, 0.25) is 0 Å². The second-order valence-corrected chi connectivity index (χ2v) is 6.19. The first kappa shape index (κ1) is 15.5. The minimum atomic E-state index is 0.109. The van der Waals surface area contributed by atoms with Crippen LogP contribution in [0.2, 0.25) is 0 Å². The summed E-state index contributed by atoms with van der Waals surface area (Å²) in [6.07, 6.45) is 3.46. The first-order valence-corrected chi connectivity index (χ1v) is 7.75. The molecule has 1 aliphatic rings. The zero-order valence-electron chi connectivity index (χ0n) is 13.3. The monoisotopic (exact) mass is 279 g/mol. The Balaban J connectivity index is 2.17. The van der Waals surface area contributed by atoms with Crippen molar-refractivity contribution in [3.05, 3.63) is 23.7 Å². The molecule has 0 aromatic carbocycles. The van der Waals surface area contributed by atoms with Crippen LogP contribution < -0.4 is 5.73 Å². The number of hydrogen-bond acceptors (Lipinski definition) is 4. The number of aryl methyl sites for hydroxylation is 1. The standard InChI is InChI=1S/C16H29N3O/c1-5-14(17)16(15-9-8-12(2)20-15)19(4)13-7-6-10-18(3)11-13/h8-9,13-14,16H,5-7,10-11,17H2,1-4H3. The first-order chi connectivity index (χ1) is 9.52. The van der Waals surface area contributed by atoms with Crippen LogP contribution in [0.3, 0.4) is 0 Å². The summed E-state index contributed by atoms with van der Waals surface area (Å²) in [6, 6.07) is 4.95. The number of hydrogen-bond donors (Lipinski definition) is 1. The van der Waals surface area contributed by atoms with Crippen molar-refractivity contribution in [3.63, 3.8) is 0 Å². The normalized spacial score (nSPS) is 24.0. The topological polar surface area (TPSA) is 45.6 Å². The van der Waals surface area contributed by atoms with Crippen molar-refractivity contribution in [3.8, 4) is 0 Å². The molecule has 4 heteroatoms. The predicted molar refractivity (Wildman–Crippen MR) is 82.7 cm³/mol. The van der Waals surface area contributed by atoms with Gasteiger partial charge >= 0.3 is 0 Å². The van der Waals surface area contributed by atoms with Crippen LogP contribution in [0.4, 0.5) is 0 Å². The molecular formula is C16H29N3O. The number of piperidine rings is 1. The van der Waals surface area contributed by atoms with E-state index in [1.807, 2.05) is 13.0 Å². The molecule has 0 amide bonds. The second-order valence-electron chi connectivity index (χ2n) is 6.19. The third kappa shape index (κ3) is 3.43. The molecule has 0 bridgehead atoms. The Kier molecular flexibility index (Phi) is 5.24. The minimum Gasteiger partial charge on any atom is -0.465 e. The minimum absolute atomic E-state index is 0.109. The van der Waals surface area contributed by atoms with Gasteiger partial charge in [0.05, 0.1) is 6.04 Å². The van der Waals surface area contributed by atoms with Crippen LogP contribution in [-0.4, -0.2) is 49.1 Å². The maximum absolute atomic E-state index is 6.39. The summed E-state index contributed by atoms with van der Waals surface area (Å²) in [5, 5.41) is 0. The molecule has 3 unspecified atom stereocenters. The van der Waals surface area contributed by atoms with Gasteiger partial charge in [-0.05, 0) is 59.0 Å². The summed E-state index contributed by atoms with van der Waals surface area (Å²) < 4.78 is 5.87. The highest BCUT2D eigenvalue weighted by Crippen LogP contribution is 2.29. The third-order valence-corrected chi connectivity index (χ3v) is 4.54. The van der Waals surface area contributed by atoms with Crippen LogP contribution in [-0.2, 0) is 0 Å². The summed E-state index contributed by atoms with van der Waals surface area (Å²) in [6.45, 7) is 6.46. The Morgan fingerprint density at radius 2 is 2.25 bits per heavy atom. The Bertz CT molecular complexity index is 418. The molecule has 2 rings (SSSR count). The quantitative estimate of drug-likeness (QED) is 0.899. The Morgan fingerprint density at radius 1 is 1.50 bits per heavy atom. The lowest BCUT2D eigenvalue weighted by Gasteiger charge is -2.41. The molecule has 0 spiro atoms. The highest BCUT2D eigenvalue weighted by Gasteiger charge is 2.32. The second kappa shape index (κ2) is 6.74. The molecule has 1 fully saturated rings. The van der Waals surface area contributed by atoms with Crippen molar-refractivity contribution in [2.24, 2.45) is 5.73 Å². The fourth-order valence-electron chi connectivity index (χ4n) is 3.25. The zero-order valence-corrected chi connectivity index (χ0v) is 13.3. The van der Waals surface area contributed by atoms with E-state index in [2.05, 4.69) is 36.9 Å². The van der Waals surface area contributed by atoms with Crippen molar-refractivity contribution in [1.29, 1.82) is 0 Å². The average Bonchev–Trinajstić information content (AvgIpc) is 2.85. The van der Waals surface area contributed by atoms with E-state index in [1.165, 1.54) is 19.4 Å². The molecule has 1 aromatic rings. The van der Waals surface area contributed by atoms with Gasteiger partial charge in [-0.1, -0.05) is 6.92 Å². The molecule has 0 radical (unpaired) electrons. The number of rotatable bonds is 5. The SMILES string of the molecule is CCC(N)C(c1ccc(C)o1)N(C)C1CCCN(C)C1. The van der Waals surface area contributed by atoms with Crippen molar-refractivity contribution in [1.82, 2.24) is 9.80 Å². The van der Waals surface area contributed by atoms with Crippen molar-refractivity contribution >= 4 is 0 Å². The van der Waals surface area contributed by atoms with Crippen molar-refractivity contribution in [2.75, 3.05) is 27.2 Å². The number of likely N-dealkylation sites (N-methyl/N-ethyl adjacent to an activating group) is 2. The van der Waals surface area contributed by atoms with Gasteiger partial charge in [0, 0.05) is 18.6 Å².